The van der Waals surface area contributed by atoms with E-state index in [1.807, 2.05) is 30.4 Å². The first-order valence-corrected chi connectivity index (χ1v) is 21.9. The van der Waals surface area contributed by atoms with Gasteiger partial charge in [0.15, 0.2) is 0 Å². The Bertz CT molecular complexity index is 1090. The molecule has 0 bridgehead atoms. The molecule has 0 atom stereocenters. The highest BCUT2D eigenvalue weighted by atomic mass is 16.2. The van der Waals surface area contributed by atoms with Gasteiger partial charge in [-0.05, 0) is 55.7 Å². The molecule has 0 spiro atoms. The Morgan fingerprint density at radius 3 is 1.69 bits per heavy atom. The van der Waals surface area contributed by atoms with E-state index < -0.39 is 0 Å². The molecule has 0 radical (unpaired) electrons. The van der Waals surface area contributed by atoms with Crippen molar-refractivity contribution in [1.82, 2.24) is 10.6 Å². The van der Waals surface area contributed by atoms with Crippen molar-refractivity contribution in [2.24, 2.45) is 5.92 Å². The molecule has 51 heavy (non-hydrogen) atoms. The van der Waals surface area contributed by atoms with E-state index in [1.54, 1.807) is 0 Å². The summed E-state index contributed by atoms with van der Waals surface area (Å²) in [4.78, 5) is 25.6. The molecule has 0 unspecified atom stereocenters. The quantitative estimate of drug-likeness (QED) is 0.177. The summed E-state index contributed by atoms with van der Waals surface area (Å²) >= 11 is 0. The van der Waals surface area contributed by atoms with E-state index in [9.17, 15) is 9.59 Å². The zero-order valence-corrected chi connectivity index (χ0v) is 32.7. The standard InChI is InChI=1S/C47H76N2O2/c50-46(48-44-36-25-17-8-2-1-3-9-18-26-37-44)40-29-41-47(51)49-45-38-27-19-11-16-24-34-43(35-28-39-45)33-23-15-10-14-22-32-42-30-20-12-6-4-5-7-13-21-31-42/h11,16,19,24,27-28,34-35,38-39,42,44H,1-10,12-15,17-18,20-23,25-26,29-33,36-37,40-41H2,(H,48,50)(H,49,51)/b16-11?,19-11-,24-16-,27-19?,34-24?,35-28-,38-27-,39-28?,43-34-,43-35?,45-38?,45-39+. The van der Waals surface area contributed by atoms with Gasteiger partial charge >= 0.3 is 0 Å². The van der Waals surface area contributed by atoms with Crippen LogP contribution in [0.1, 0.15) is 199 Å². The summed E-state index contributed by atoms with van der Waals surface area (Å²) in [5, 5.41) is 6.37. The topological polar surface area (TPSA) is 58.2 Å². The zero-order chi connectivity index (χ0) is 35.9. The zero-order valence-electron chi connectivity index (χ0n) is 32.7. The normalized spacial score (nSPS) is 24.5. The molecule has 0 aromatic carbocycles. The molecule has 3 aliphatic rings. The maximum atomic E-state index is 12.9. The Kier molecular flexibility index (Phi) is 25.1. The minimum absolute atomic E-state index is 0.0409. The van der Waals surface area contributed by atoms with Crippen molar-refractivity contribution >= 4 is 11.8 Å². The lowest BCUT2D eigenvalue weighted by molar-refractivity contribution is -0.122. The lowest BCUT2D eigenvalue weighted by Crippen LogP contribution is -2.35. The maximum absolute atomic E-state index is 12.9. The molecular weight excluding hydrogens is 625 g/mol. The summed E-state index contributed by atoms with van der Waals surface area (Å²) in [7, 11) is 0. The number of carbonyl (C=O) groups is 2. The van der Waals surface area contributed by atoms with E-state index in [4.69, 9.17) is 0 Å². The molecule has 2 N–H and O–H groups in total. The van der Waals surface area contributed by atoms with Crippen molar-refractivity contribution in [2.45, 2.75) is 205 Å². The first kappa shape index (κ1) is 42.8. The van der Waals surface area contributed by atoms with Gasteiger partial charge in [-0.25, -0.2) is 0 Å². The van der Waals surface area contributed by atoms with Gasteiger partial charge in [0.25, 0.3) is 0 Å². The molecule has 0 aliphatic heterocycles. The van der Waals surface area contributed by atoms with Crippen LogP contribution in [0.4, 0.5) is 0 Å². The summed E-state index contributed by atoms with van der Waals surface area (Å²) in [6.07, 6.45) is 59.4. The molecule has 0 aromatic rings. The number of allylic oxidation sites excluding steroid dienone is 11. The molecule has 2 saturated carbocycles. The largest absolute Gasteiger partial charge is 0.353 e. The number of carbonyl (C=O) groups excluding carboxylic acids is 2. The Morgan fingerprint density at radius 2 is 1.02 bits per heavy atom. The fourth-order valence-corrected chi connectivity index (χ4v) is 8.06. The first-order valence-electron chi connectivity index (χ1n) is 21.9. The highest BCUT2D eigenvalue weighted by molar-refractivity contribution is 5.80. The molecule has 0 saturated heterocycles. The van der Waals surface area contributed by atoms with Crippen molar-refractivity contribution < 1.29 is 9.59 Å². The number of hydrogen-bond acceptors (Lipinski definition) is 2. The molecular formula is C47H76N2O2. The number of rotatable bonds is 14. The molecule has 286 valence electrons. The predicted molar refractivity (Wildman–Crippen MR) is 219 cm³/mol. The van der Waals surface area contributed by atoms with Crippen LogP contribution in [0.5, 0.6) is 0 Å². The summed E-state index contributed by atoms with van der Waals surface area (Å²) in [6.45, 7) is 0. The number of nitrogens with one attached hydrogen (secondary N) is 2. The highest BCUT2D eigenvalue weighted by Crippen LogP contribution is 2.26. The van der Waals surface area contributed by atoms with Crippen molar-refractivity contribution in [3.63, 3.8) is 0 Å². The second-order valence-corrected chi connectivity index (χ2v) is 15.9. The Morgan fingerprint density at radius 1 is 0.490 bits per heavy atom. The first-order chi connectivity index (χ1) is 25.2. The van der Waals surface area contributed by atoms with E-state index in [2.05, 4.69) is 41.0 Å². The average molecular weight is 701 g/mol. The Balaban J connectivity index is 1.34. The van der Waals surface area contributed by atoms with Gasteiger partial charge < -0.3 is 10.6 Å². The third kappa shape index (κ3) is 23.5. The van der Waals surface area contributed by atoms with E-state index >= 15 is 0 Å². The Labute approximate surface area is 314 Å². The van der Waals surface area contributed by atoms with Crippen LogP contribution < -0.4 is 10.6 Å². The minimum atomic E-state index is -0.0409. The number of unbranched alkanes of at least 4 members (excludes halogenated alkanes) is 4. The third-order valence-corrected chi connectivity index (χ3v) is 11.2. The molecule has 3 rings (SSSR count). The van der Waals surface area contributed by atoms with E-state index in [0.29, 0.717) is 19.3 Å². The van der Waals surface area contributed by atoms with Crippen LogP contribution in [0.3, 0.4) is 0 Å². The monoisotopic (exact) mass is 701 g/mol. The molecule has 0 aromatic heterocycles. The SMILES string of the molecule is O=C(CCCC(=O)NC1CCCCCCCCCCC1)NC1=C/C=C\C(CCCCCCCC2CCCCCCCCCC2)=C/C=C\C=C/C=C\1. The molecule has 2 amide bonds. The van der Waals surface area contributed by atoms with Crippen LogP contribution >= 0.6 is 0 Å². The molecule has 4 nitrogen and oxygen atoms in total. The summed E-state index contributed by atoms with van der Waals surface area (Å²) in [5.41, 5.74) is 2.09. The van der Waals surface area contributed by atoms with Gasteiger partial charge in [-0.1, -0.05) is 203 Å². The second-order valence-electron chi connectivity index (χ2n) is 15.9. The summed E-state index contributed by atoms with van der Waals surface area (Å²) < 4.78 is 0. The van der Waals surface area contributed by atoms with E-state index in [-0.39, 0.29) is 17.9 Å². The number of hydrogen-bond donors (Lipinski definition) is 2. The van der Waals surface area contributed by atoms with Gasteiger partial charge in [0.1, 0.15) is 0 Å². The van der Waals surface area contributed by atoms with Crippen molar-refractivity contribution in [2.75, 3.05) is 0 Å². The highest BCUT2D eigenvalue weighted by Gasteiger charge is 2.14. The van der Waals surface area contributed by atoms with Gasteiger partial charge in [-0.3, -0.25) is 9.59 Å². The second kappa shape index (κ2) is 29.9. The lowest BCUT2D eigenvalue weighted by atomic mass is 9.90. The van der Waals surface area contributed by atoms with Gasteiger partial charge in [0.2, 0.25) is 11.8 Å². The van der Waals surface area contributed by atoms with Gasteiger partial charge in [-0.2, -0.15) is 0 Å². The fraction of sp³-hybridized carbons (Fsp3) is 0.702. The van der Waals surface area contributed by atoms with Crippen LogP contribution in [0.25, 0.3) is 0 Å². The fourth-order valence-electron chi connectivity index (χ4n) is 8.06. The smallest absolute Gasteiger partial charge is 0.224 e. The summed E-state index contributed by atoms with van der Waals surface area (Å²) in [5.74, 6) is 1.03. The molecule has 2 fully saturated rings. The van der Waals surface area contributed by atoms with Crippen LogP contribution in [0.15, 0.2) is 72.0 Å². The van der Waals surface area contributed by atoms with E-state index in [0.717, 1.165) is 30.9 Å². The van der Waals surface area contributed by atoms with E-state index in [1.165, 1.54) is 166 Å². The van der Waals surface area contributed by atoms with Crippen molar-refractivity contribution in [3.05, 3.63) is 72.0 Å². The molecule has 3 aliphatic carbocycles. The van der Waals surface area contributed by atoms with Crippen LogP contribution in [-0.2, 0) is 9.59 Å². The van der Waals surface area contributed by atoms with Crippen LogP contribution in [0, 0.1) is 5.92 Å². The summed E-state index contributed by atoms with van der Waals surface area (Å²) in [6, 6.07) is 0.287. The third-order valence-electron chi connectivity index (χ3n) is 11.2. The Hall–Kier alpha value is -2.62. The predicted octanol–water partition coefficient (Wildman–Crippen LogP) is 13.4. The minimum Gasteiger partial charge on any atom is -0.353 e. The average Bonchev–Trinajstić information content (AvgIpc) is 3.17. The maximum Gasteiger partial charge on any atom is 0.224 e. The van der Waals surface area contributed by atoms with Crippen molar-refractivity contribution in [3.8, 4) is 0 Å². The van der Waals surface area contributed by atoms with Gasteiger partial charge in [-0.15, -0.1) is 0 Å². The van der Waals surface area contributed by atoms with Crippen molar-refractivity contribution in [1.29, 1.82) is 0 Å². The van der Waals surface area contributed by atoms with Crippen LogP contribution in [-0.4, -0.2) is 17.9 Å². The van der Waals surface area contributed by atoms with Crippen LogP contribution in [0.2, 0.25) is 0 Å². The lowest BCUT2D eigenvalue weighted by Gasteiger charge is -2.19. The number of amides is 2. The van der Waals surface area contributed by atoms with Gasteiger partial charge in [0.05, 0.1) is 0 Å². The van der Waals surface area contributed by atoms with Gasteiger partial charge in [0, 0.05) is 24.6 Å². The molecule has 0 heterocycles. The molecule has 4 heteroatoms.